The van der Waals surface area contributed by atoms with E-state index in [1.807, 2.05) is 0 Å². The van der Waals surface area contributed by atoms with Crippen LogP contribution in [0.2, 0.25) is 0 Å². The predicted octanol–water partition coefficient (Wildman–Crippen LogP) is 1.45. The third kappa shape index (κ3) is 2.58. The van der Waals surface area contributed by atoms with Crippen LogP contribution in [0.25, 0.3) is 0 Å². The molecule has 0 fully saturated rings. The molecule has 0 aliphatic rings. The third-order valence-corrected chi connectivity index (χ3v) is 2.11. The number of carbonyl (C=O) groups excluding carboxylic acids is 1. The smallest absolute Gasteiger partial charge is 0.223 e. The molecule has 0 aliphatic carbocycles. The molecule has 1 heterocycles. The summed E-state index contributed by atoms with van der Waals surface area (Å²) in [5.41, 5.74) is 0. The number of carbonyl (C=O) groups is 1. The maximum atomic E-state index is 10.6. The maximum Gasteiger partial charge on any atom is 0.223 e. The Morgan fingerprint density at radius 2 is 2.33 bits per heavy atom. The first-order valence-electron chi connectivity index (χ1n) is 3.82. The molecule has 0 aromatic carbocycles. The minimum Gasteiger partial charge on any atom is -0.301 e. The highest BCUT2D eigenvalue weighted by molar-refractivity contribution is 7.15. The molecule has 12 heavy (non-hydrogen) atoms. The molecule has 1 amide bonds. The highest BCUT2D eigenvalue weighted by atomic mass is 32.1. The number of aromatic nitrogens is 2. The van der Waals surface area contributed by atoms with Crippen LogP contribution in [0.5, 0.6) is 0 Å². The van der Waals surface area contributed by atoms with Gasteiger partial charge in [-0.3, -0.25) is 4.79 Å². The van der Waals surface area contributed by atoms with Gasteiger partial charge < -0.3 is 5.32 Å². The lowest BCUT2D eigenvalue weighted by molar-refractivity contribution is -0.114. The summed E-state index contributed by atoms with van der Waals surface area (Å²) in [7, 11) is 0. The summed E-state index contributed by atoms with van der Waals surface area (Å²) < 4.78 is 0. The molecule has 1 aromatic heterocycles. The molecule has 0 unspecified atom stereocenters. The molecule has 0 bridgehead atoms. The quantitative estimate of drug-likeness (QED) is 0.775. The number of rotatable bonds is 3. The minimum atomic E-state index is -0.103. The van der Waals surface area contributed by atoms with Crippen molar-refractivity contribution in [2.75, 3.05) is 5.32 Å². The fraction of sp³-hybridized carbons (Fsp3) is 0.571. The molecular formula is C7H11N3OS. The summed E-state index contributed by atoms with van der Waals surface area (Å²) in [6.45, 7) is 3.54. The van der Waals surface area contributed by atoms with E-state index in [9.17, 15) is 4.79 Å². The van der Waals surface area contributed by atoms with Gasteiger partial charge in [-0.15, -0.1) is 10.2 Å². The Morgan fingerprint density at radius 1 is 1.58 bits per heavy atom. The van der Waals surface area contributed by atoms with Gasteiger partial charge in [0, 0.05) is 13.3 Å². The van der Waals surface area contributed by atoms with Crippen molar-refractivity contribution in [2.24, 2.45) is 0 Å². The van der Waals surface area contributed by atoms with Gasteiger partial charge in [0.15, 0.2) is 0 Å². The van der Waals surface area contributed by atoms with Crippen molar-refractivity contribution >= 4 is 22.4 Å². The van der Waals surface area contributed by atoms with Crippen LogP contribution in [0.1, 0.15) is 25.3 Å². The van der Waals surface area contributed by atoms with Crippen molar-refractivity contribution in [3.63, 3.8) is 0 Å². The van der Waals surface area contributed by atoms with Gasteiger partial charge in [-0.25, -0.2) is 0 Å². The summed E-state index contributed by atoms with van der Waals surface area (Å²) in [5.74, 6) is -0.103. The zero-order chi connectivity index (χ0) is 8.97. The van der Waals surface area contributed by atoms with Crippen LogP contribution in [0.15, 0.2) is 0 Å². The molecule has 66 valence electrons. The molecule has 1 rings (SSSR count). The highest BCUT2D eigenvalue weighted by Crippen LogP contribution is 2.15. The van der Waals surface area contributed by atoms with Crippen molar-refractivity contribution in [1.82, 2.24) is 10.2 Å². The van der Waals surface area contributed by atoms with E-state index in [0.717, 1.165) is 17.8 Å². The van der Waals surface area contributed by atoms with Crippen LogP contribution in [-0.4, -0.2) is 16.1 Å². The van der Waals surface area contributed by atoms with Crippen LogP contribution in [0.4, 0.5) is 5.13 Å². The second-order valence-corrected chi connectivity index (χ2v) is 3.49. The van der Waals surface area contributed by atoms with Gasteiger partial charge in [0.25, 0.3) is 0 Å². The summed E-state index contributed by atoms with van der Waals surface area (Å²) in [5, 5.41) is 11.9. The minimum absolute atomic E-state index is 0.103. The maximum absolute atomic E-state index is 10.6. The zero-order valence-corrected chi connectivity index (χ0v) is 7.94. The molecule has 0 spiro atoms. The van der Waals surface area contributed by atoms with Gasteiger partial charge in [-0.05, 0) is 6.42 Å². The molecule has 1 N–H and O–H groups in total. The average Bonchev–Trinajstić information content (AvgIpc) is 2.36. The first-order chi connectivity index (χ1) is 5.72. The standard InChI is InChI=1S/C7H11N3OS/c1-3-4-6-9-10-7(12-6)8-5(2)11/h3-4H2,1-2H3,(H,8,10,11). The molecule has 1 aromatic rings. The van der Waals surface area contributed by atoms with Gasteiger partial charge in [0.1, 0.15) is 5.01 Å². The van der Waals surface area contributed by atoms with E-state index in [1.54, 1.807) is 0 Å². The molecular weight excluding hydrogens is 174 g/mol. The Bertz CT molecular complexity index is 271. The molecule has 0 saturated heterocycles. The summed E-state index contributed by atoms with van der Waals surface area (Å²) in [6, 6.07) is 0. The van der Waals surface area contributed by atoms with E-state index < -0.39 is 0 Å². The fourth-order valence-corrected chi connectivity index (χ4v) is 1.66. The normalized spacial score (nSPS) is 9.83. The Morgan fingerprint density at radius 3 is 2.92 bits per heavy atom. The van der Waals surface area contributed by atoms with Crippen molar-refractivity contribution in [2.45, 2.75) is 26.7 Å². The van der Waals surface area contributed by atoms with Crippen molar-refractivity contribution in [3.05, 3.63) is 5.01 Å². The molecule has 0 radical (unpaired) electrons. The van der Waals surface area contributed by atoms with E-state index in [-0.39, 0.29) is 5.91 Å². The van der Waals surface area contributed by atoms with Gasteiger partial charge in [0.05, 0.1) is 0 Å². The molecule has 4 nitrogen and oxygen atoms in total. The monoisotopic (exact) mass is 185 g/mol. The molecule has 0 atom stereocenters. The van der Waals surface area contributed by atoms with E-state index in [2.05, 4.69) is 22.4 Å². The van der Waals surface area contributed by atoms with Crippen LogP contribution in [0.3, 0.4) is 0 Å². The first-order valence-corrected chi connectivity index (χ1v) is 4.64. The van der Waals surface area contributed by atoms with Gasteiger partial charge in [-0.1, -0.05) is 18.3 Å². The van der Waals surface area contributed by atoms with Crippen LogP contribution in [-0.2, 0) is 11.2 Å². The Hall–Kier alpha value is -0.970. The number of hydrogen-bond acceptors (Lipinski definition) is 4. The number of nitrogens with zero attached hydrogens (tertiary/aromatic N) is 2. The fourth-order valence-electron chi connectivity index (χ4n) is 0.770. The number of hydrogen-bond donors (Lipinski definition) is 1. The highest BCUT2D eigenvalue weighted by Gasteiger charge is 2.03. The van der Waals surface area contributed by atoms with Gasteiger partial charge in [-0.2, -0.15) is 0 Å². The van der Waals surface area contributed by atoms with E-state index >= 15 is 0 Å². The lowest BCUT2D eigenvalue weighted by Crippen LogP contribution is -2.04. The molecule has 0 saturated carbocycles. The molecule has 5 heteroatoms. The predicted molar refractivity (Wildman–Crippen MR) is 48.2 cm³/mol. The third-order valence-electron chi connectivity index (χ3n) is 1.21. The average molecular weight is 185 g/mol. The second-order valence-electron chi connectivity index (χ2n) is 2.43. The Kier molecular flexibility index (Phi) is 3.16. The summed E-state index contributed by atoms with van der Waals surface area (Å²) in [6.07, 6.45) is 1.98. The lowest BCUT2D eigenvalue weighted by atomic mass is 10.4. The van der Waals surface area contributed by atoms with Gasteiger partial charge >= 0.3 is 0 Å². The Balaban J connectivity index is 2.58. The van der Waals surface area contributed by atoms with Crippen molar-refractivity contribution in [1.29, 1.82) is 0 Å². The van der Waals surface area contributed by atoms with Crippen molar-refractivity contribution < 1.29 is 4.79 Å². The number of nitrogens with one attached hydrogen (secondary N) is 1. The first kappa shape index (κ1) is 9.12. The largest absolute Gasteiger partial charge is 0.301 e. The van der Waals surface area contributed by atoms with E-state index in [1.165, 1.54) is 18.3 Å². The van der Waals surface area contributed by atoms with E-state index in [0.29, 0.717) is 5.13 Å². The van der Waals surface area contributed by atoms with Crippen LogP contribution >= 0.6 is 11.3 Å². The molecule has 0 aliphatic heterocycles. The number of anilines is 1. The van der Waals surface area contributed by atoms with Crippen LogP contribution < -0.4 is 5.32 Å². The summed E-state index contributed by atoms with van der Waals surface area (Å²) in [4.78, 5) is 10.6. The van der Waals surface area contributed by atoms with Crippen LogP contribution in [0, 0.1) is 0 Å². The summed E-state index contributed by atoms with van der Waals surface area (Å²) >= 11 is 1.43. The SMILES string of the molecule is CCCc1nnc(NC(C)=O)s1. The zero-order valence-electron chi connectivity index (χ0n) is 7.13. The lowest BCUT2D eigenvalue weighted by Gasteiger charge is -1.90. The Labute approximate surface area is 75.0 Å². The topological polar surface area (TPSA) is 54.9 Å². The number of aryl methyl sites for hydroxylation is 1. The van der Waals surface area contributed by atoms with Crippen molar-refractivity contribution in [3.8, 4) is 0 Å². The van der Waals surface area contributed by atoms with E-state index in [4.69, 9.17) is 0 Å². The van der Waals surface area contributed by atoms with Gasteiger partial charge in [0.2, 0.25) is 11.0 Å². The second kappa shape index (κ2) is 4.15. The number of amides is 1.